The molecular weight excluding hydrogens is 400 g/mol. The molecule has 0 amide bonds. The monoisotopic (exact) mass is 438 g/mol. The molecule has 0 saturated carbocycles. The van der Waals surface area contributed by atoms with Crippen molar-refractivity contribution in [1.29, 1.82) is 0 Å². The topological polar surface area (TPSA) is 49.3 Å². The Labute approximate surface area is 192 Å². The molecular formula is C26H38N4S. The van der Waals surface area contributed by atoms with Crippen molar-refractivity contribution >= 4 is 27.9 Å². The Bertz CT molecular complexity index is 912. The molecule has 0 spiro atoms. The number of aromatic nitrogens is 1. The van der Waals surface area contributed by atoms with Gasteiger partial charge in [-0.2, -0.15) is 0 Å². The molecule has 1 aliphatic heterocycles. The Morgan fingerprint density at radius 2 is 1.87 bits per heavy atom. The summed E-state index contributed by atoms with van der Waals surface area (Å²) in [6.45, 7) is 19.3. The number of rotatable bonds is 7. The second-order valence-electron chi connectivity index (χ2n) is 9.31. The maximum Gasteiger partial charge on any atom is 0.187 e. The second-order valence-corrected chi connectivity index (χ2v) is 10.5. The van der Waals surface area contributed by atoms with Crippen LogP contribution in [-0.4, -0.2) is 16.7 Å². The number of benzene rings is 1. The lowest BCUT2D eigenvalue weighted by Crippen LogP contribution is -2.09. The van der Waals surface area contributed by atoms with E-state index in [2.05, 4.69) is 93.0 Å². The maximum atomic E-state index is 4.36. The lowest BCUT2D eigenvalue weighted by molar-refractivity contribution is 0.498. The van der Waals surface area contributed by atoms with E-state index in [0.29, 0.717) is 11.5 Å². The van der Waals surface area contributed by atoms with Crippen molar-refractivity contribution in [2.45, 2.75) is 73.8 Å². The summed E-state index contributed by atoms with van der Waals surface area (Å²) in [5.41, 5.74) is 6.46. The van der Waals surface area contributed by atoms with Gasteiger partial charge in [0, 0.05) is 53.3 Å². The highest BCUT2D eigenvalue weighted by Gasteiger charge is 2.20. The summed E-state index contributed by atoms with van der Waals surface area (Å²) in [5, 5.41) is 7.54. The van der Waals surface area contributed by atoms with Gasteiger partial charge in [-0.15, -0.1) is 11.3 Å². The third kappa shape index (κ3) is 8.70. The molecule has 2 aromatic rings. The Morgan fingerprint density at radius 1 is 1.19 bits per heavy atom. The minimum atomic E-state index is 0.306. The number of aliphatic imine (C=N–C) groups is 1. The van der Waals surface area contributed by atoms with Gasteiger partial charge in [0.2, 0.25) is 0 Å². The highest BCUT2D eigenvalue weighted by Crippen LogP contribution is 2.31. The summed E-state index contributed by atoms with van der Waals surface area (Å²) in [6.07, 6.45) is 6.90. The van der Waals surface area contributed by atoms with Crippen molar-refractivity contribution in [3.05, 3.63) is 65.0 Å². The maximum absolute atomic E-state index is 4.36. The smallest absolute Gasteiger partial charge is 0.187 e. The van der Waals surface area contributed by atoms with Gasteiger partial charge in [-0.1, -0.05) is 46.4 Å². The number of thiazole rings is 1. The van der Waals surface area contributed by atoms with E-state index in [-0.39, 0.29) is 0 Å². The minimum Gasteiger partial charge on any atom is -0.383 e. The van der Waals surface area contributed by atoms with E-state index >= 15 is 0 Å². The van der Waals surface area contributed by atoms with Gasteiger partial charge in [0.1, 0.15) is 0 Å². The summed E-state index contributed by atoms with van der Waals surface area (Å²) in [7, 11) is 0. The molecule has 0 fully saturated rings. The van der Waals surface area contributed by atoms with Crippen LogP contribution in [0.4, 0.5) is 10.8 Å². The van der Waals surface area contributed by atoms with Gasteiger partial charge < -0.3 is 10.6 Å². The van der Waals surface area contributed by atoms with Crippen molar-refractivity contribution in [1.82, 2.24) is 4.98 Å². The number of nitrogens with one attached hydrogen (secondary N) is 2. The molecule has 1 aromatic carbocycles. The van der Waals surface area contributed by atoms with Crippen molar-refractivity contribution in [2.75, 3.05) is 10.6 Å². The van der Waals surface area contributed by atoms with Crippen LogP contribution < -0.4 is 10.6 Å². The molecule has 0 saturated heterocycles. The molecule has 0 radical (unpaired) electrons. The molecule has 3 rings (SSSR count). The van der Waals surface area contributed by atoms with Gasteiger partial charge in [0.05, 0.1) is 0 Å². The molecule has 0 unspecified atom stereocenters. The summed E-state index contributed by atoms with van der Waals surface area (Å²) in [6, 6.07) is 8.92. The molecule has 31 heavy (non-hydrogen) atoms. The zero-order valence-electron chi connectivity index (χ0n) is 20.2. The zero-order chi connectivity index (χ0) is 23.0. The van der Waals surface area contributed by atoms with Crippen LogP contribution in [0.5, 0.6) is 0 Å². The summed E-state index contributed by atoms with van der Waals surface area (Å²) in [5.74, 6) is 0. The average Bonchev–Trinajstić information content (AvgIpc) is 3.32. The molecule has 5 heteroatoms. The van der Waals surface area contributed by atoms with Crippen LogP contribution in [0.15, 0.2) is 59.5 Å². The number of nitrogens with zero attached hydrogens (tertiary/aromatic N) is 2. The molecule has 0 aliphatic carbocycles. The van der Waals surface area contributed by atoms with Crippen LogP contribution in [0, 0.1) is 12.3 Å². The van der Waals surface area contributed by atoms with Gasteiger partial charge in [-0.25, -0.2) is 4.98 Å². The van der Waals surface area contributed by atoms with Gasteiger partial charge in [-0.05, 0) is 55.9 Å². The van der Waals surface area contributed by atoms with Crippen LogP contribution in [-0.2, 0) is 6.42 Å². The van der Waals surface area contributed by atoms with Crippen molar-refractivity contribution in [3.63, 3.8) is 0 Å². The van der Waals surface area contributed by atoms with Gasteiger partial charge in [0.15, 0.2) is 5.13 Å². The predicted molar refractivity (Wildman–Crippen MR) is 138 cm³/mol. The van der Waals surface area contributed by atoms with Crippen LogP contribution in [0.25, 0.3) is 0 Å². The Balaban J connectivity index is 0.000000262. The quantitative estimate of drug-likeness (QED) is 0.467. The summed E-state index contributed by atoms with van der Waals surface area (Å²) >= 11 is 1.64. The van der Waals surface area contributed by atoms with E-state index in [1.807, 2.05) is 19.3 Å². The van der Waals surface area contributed by atoms with E-state index in [1.165, 1.54) is 21.7 Å². The van der Waals surface area contributed by atoms with E-state index in [1.54, 1.807) is 11.3 Å². The molecule has 1 aromatic heterocycles. The fourth-order valence-electron chi connectivity index (χ4n) is 3.06. The first-order valence-corrected chi connectivity index (χ1v) is 11.9. The molecule has 168 valence electrons. The lowest BCUT2D eigenvalue weighted by Gasteiger charge is -2.19. The Hall–Kier alpha value is -2.40. The van der Waals surface area contributed by atoms with Crippen LogP contribution in [0.2, 0.25) is 0 Å². The highest BCUT2D eigenvalue weighted by atomic mass is 32.1. The van der Waals surface area contributed by atoms with E-state index in [0.717, 1.165) is 35.8 Å². The molecule has 1 aliphatic rings. The number of aryl methyl sites for hydroxylation is 1. The predicted octanol–water partition coefficient (Wildman–Crippen LogP) is 7.61. The van der Waals surface area contributed by atoms with Gasteiger partial charge in [-0.3, -0.25) is 4.99 Å². The number of anilines is 2. The van der Waals surface area contributed by atoms with Gasteiger partial charge in [0.25, 0.3) is 0 Å². The number of hydrogen-bond acceptors (Lipinski definition) is 5. The van der Waals surface area contributed by atoms with Crippen LogP contribution >= 0.6 is 11.3 Å². The third-order valence-corrected chi connectivity index (χ3v) is 5.73. The van der Waals surface area contributed by atoms with Crippen LogP contribution in [0.3, 0.4) is 0 Å². The van der Waals surface area contributed by atoms with Crippen LogP contribution in [0.1, 0.15) is 64.8 Å². The lowest BCUT2D eigenvalue weighted by atomic mass is 9.85. The normalized spacial score (nSPS) is 13.3. The average molecular weight is 439 g/mol. The van der Waals surface area contributed by atoms with Crippen molar-refractivity contribution in [2.24, 2.45) is 10.4 Å². The largest absolute Gasteiger partial charge is 0.383 e. The summed E-state index contributed by atoms with van der Waals surface area (Å²) < 4.78 is 0. The first-order valence-electron chi connectivity index (χ1n) is 11.0. The fourth-order valence-corrected chi connectivity index (χ4v) is 3.77. The number of hydrogen-bond donors (Lipinski definition) is 2. The first kappa shape index (κ1) is 24.9. The van der Waals surface area contributed by atoms with Gasteiger partial charge >= 0.3 is 0 Å². The third-order valence-electron chi connectivity index (χ3n) is 4.90. The van der Waals surface area contributed by atoms with Crippen molar-refractivity contribution in [3.8, 4) is 0 Å². The molecule has 0 atom stereocenters. The summed E-state index contributed by atoms with van der Waals surface area (Å²) in [4.78, 5) is 9.84. The molecule has 2 N–H and O–H groups in total. The molecule has 2 heterocycles. The standard InChI is InChI=1S/C16H21N3S.C10H17N/c1-11(2)18-15-7-5-14(6-8-15)9-12(3)19-16-17-10-13(4)20-16;1-5-9-6-8(7-11-9)10(2,3)4/h5-8,10-11,18H,3,9H2,1-2,4H3,(H,17,19);7H,5-6H2,1-4H3. The Morgan fingerprint density at radius 3 is 2.32 bits per heavy atom. The zero-order valence-corrected chi connectivity index (χ0v) is 21.0. The SMILES string of the molecule is C=C(Cc1ccc(NC(C)C)cc1)Nc1ncc(C)s1.CCC1=NC=C(C(C)(C)C)C1. The van der Waals surface area contributed by atoms with E-state index in [9.17, 15) is 0 Å². The first-order chi connectivity index (χ1) is 14.6. The molecule has 4 nitrogen and oxygen atoms in total. The molecule has 0 bridgehead atoms. The minimum absolute atomic E-state index is 0.306. The highest BCUT2D eigenvalue weighted by molar-refractivity contribution is 7.15. The number of allylic oxidation sites excluding steroid dienone is 2. The second kappa shape index (κ2) is 11.3. The van der Waals surface area contributed by atoms with E-state index in [4.69, 9.17) is 0 Å². The van der Waals surface area contributed by atoms with Crippen molar-refractivity contribution < 1.29 is 0 Å². The van der Waals surface area contributed by atoms with E-state index < -0.39 is 0 Å². The fraction of sp³-hybridized carbons (Fsp3) is 0.462. The Kier molecular flexibility index (Phi) is 9.05.